The molecule has 0 fully saturated rings. The third-order valence-electron chi connectivity index (χ3n) is 1.16. The number of aromatic nitrogens is 2. The first-order chi connectivity index (χ1) is 5.83. The first kappa shape index (κ1) is 8.23. The van der Waals surface area contributed by atoms with Crippen molar-refractivity contribution in [3.63, 3.8) is 0 Å². The van der Waals surface area contributed by atoms with E-state index in [2.05, 4.69) is 21.8 Å². The average molecular weight is 157 g/mol. The van der Waals surface area contributed by atoms with E-state index in [1.807, 2.05) is 13.0 Å². The van der Waals surface area contributed by atoms with Gasteiger partial charge in [-0.1, -0.05) is 5.92 Å². The highest BCUT2D eigenvalue weighted by molar-refractivity contribution is 5.22. The van der Waals surface area contributed by atoms with Gasteiger partial charge < -0.3 is 0 Å². The molecule has 3 nitrogen and oxygen atoms in total. The second kappa shape index (κ2) is 4.10. The largest absolute Gasteiger partial charge is 0.229 e. The number of rotatable bonds is 0. The molecule has 1 rings (SSSR count). The normalized spacial score (nSPS) is 8.00. The van der Waals surface area contributed by atoms with Crippen LogP contribution in [0.5, 0.6) is 0 Å². The molecule has 0 unspecified atom stereocenters. The summed E-state index contributed by atoms with van der Waals surface area (Å²) < 4.78 is 0. The summed E-state index contributed by atoms with van der Waals surface area (Å²) in [5, 5.41) is 8.21. The van der Waals surface area contributed by atoms with Crippen LogP contribution in [0.15, 0.2) is 12.3 Å². The van der Waals surface area contributed by atoms with Gasteiger partial charge in [-0.05, 0) is 18.9 Å². The molecule has 1 aromatic heterocycles. The van der Waals surface area contributed by atoms with Crippen LogP contribution < -0.4 is 0 Å². The first-order valence-electron chi connectivity index (χ1n) is 3.48. The lowest BCUT2D eigenvalue weighted by Crippen LogP contribution is -1.89. The molecule has 1 heterocycles. The zero-order valence-electron chi connectivity index (χ0n) is 6.70. The lowest BCUT2D eigenvalue weighted by Gasteiger charge is -1.89. The summed E-state index contributed by atoms with van der Waals surface area (Å²) in [5.74, 6) is 5.81. The molecule has 0 radical (unpaired) electrons. The standard InChI is InChI=1S/C9H7N3/c1-8-5-7-11-9(12-8)4-2-3-6-10/h5,7H,3H2,1H3. The molecule has 12 heavy (non-hydrogen) atoms. The molecule has 58 valence electrons. The minimum absolute atomic E-state index is 0.220. The van der Waals surface area contributed by atoms with E-state index in [0.717, 1.165) is 5.69 Å². The summed E-state index contributed by atoms with van der Waals surface area (Å²) in [6.45, 7) is 1.87. The third-order valence-corrected chi connectivity index (χ3v) is 1.16. The van der Waals surface area contributed by atoms with Crippen LogP contribution in [0.2, 0.25) is 0 Å². The molecule has 0 saturated carbocycles. The van der Waals surface area contributed by atoms with Crippen LogP contribution in [0.1, 0.15) is 17.9 Å². The Kier molecular flexibility index (Phi) is 2.81. The highest BCUT2D eigenvalue weighted by atomic mass is 14.9. The van der Waals surface area contributed by atoms with Crippen LogP contribution in [-0.2, 0) is 0 Å². The summed E-state index contributed by atoms with van der Waals surface area (Å²) >= 11 is 0. The Labute approximate surface area is 71.1 Å². The smallest absolute Gasteiger partial charge is 0.205 e. The van der Waals surface area contributed by atoms with Crippen LogP contribution in [0.4, 0.5) is 0 Å². The van der Waals surface area contributed by atoms with Gasteiger partial charge in [0, 0.05) is 11.9 Å². The van der Waals surface area contributed by atoms with Gasteiger partial charge in [-0.25, -0.2) is 9.97 Å². The lowest BCUT2D eigenvalue weighted by atomic mass is 10.4. The van der Waals surface area contributed by atoms with Gasteiger partial charge in [0.1, 0.15) is 0 Å². The lowest BCUT2D eigenvalue weighted by molar-refractivity contribution is 1.07. The van der Waals surface area contributed by atoms with Gasteiger partial charge in [-0.3, -0.25) is 0 Å². The van der Waals surface area contributed by atoms with Gasteiger partial charge in [0.05, 0.1) is 12.5 Å². The van der Waals surface area contributed by atoms with Gasteiger partial charge in [0.15, 0.2) is 0 Å². The average Bonchev–Trinajstić information content (AvgIpc) is 2.05. The van der Waals surface area contributed by atoms with Crippen molar-refractivity contribution < 1.29 is 0 Å². The van der Waals surface area contributed by atoms with Crippen molar-refractivity contribution in [3.05, 3.63) is 23.8 Å². The Hall–Kier alpha value is -1.87. The topological polar surface area (TPSA) is 49.6 Å². The Morgan fingerprint density at radius 2 is 2.42 bits per heavy atom. The maximum absolute atomic E-state index is 8.21. The minimum atomic E-state index is 0.220. The van der Waals surface area contributed by atoms with Crippen LogP contribution in [0.3, 0.4) is 0 Å². The summed E-state index contributed by atoms with van der Waals surface area (Å²) in [4.78, 5) is 7.97. The Balaban J connectivity index is 2.79. The highest BCUT2D eigenvalue weighted by Crippen LogP contribution is 1.90. The Morgan fingerprint density at radius 3 is 3.08 bits per heavy atom. The van der Waals surface area contributed by atoms with Gasteiger partial charge in [-0.2, -0.15) is 5.26 Å². The summed E-state index contributed by atoms with van der Waals surface area (Å²) in [6.07, 6.45) is 1.87. The van der Waals surface area contributed by atoms with E-state index in [-0.39, 0.29) is 6.42 Å². The first-order valence-corrected chi connectivity index (χ1v) is 3.48. The summed E-state index contributed by atoms with van der Waals surface area (Å²) in [6, 6.07) is 3.72. The quantitative estimate of drug-likeness (QED) is 0.529. The third kappa shape index (κ3) is 2.40. The van der Waals surface area contributed by atoms with Crippen molar-refractivity contribution in [2.45, 2.75) is 13.3 Å². The number of hydrogen-bond acceptors (Lipinski definition) is 3. The van der Waals surface area contributed by atoms with Crippen molar-refractivity contribution in [2.24, 2.45) is 0 Å². The van der Waals surface area contributed by atoms with Gasteiger partial charge in [-0.15, -0.1) is 0 Å². The van der Waals surface area contributed by atoms with Crippen molar-refractivity contribution in [1.29, 1.82) is 5.26 Å². The fourth-order valence-electron chi connectivity index (χ4n) is 0.672. The van der Waals surface area contributed by atoms with E-state index < -0.39 is 0 Å². The predicted molar refractivity (Wildman–Crippen MR) is 43.9 cm³/mol. The number of hydrogen-bond donors (Lipinski definition) is 0. The van der Waals surface area contributed by atoms with Gasteiger partial charge >= 0.3 is 0 Å². The zero-order chi connectivity index (χ0) is 8.81. The molecule has 0 amide bonds. The Bertz CT molecular complexity index is 365. The van der Waals surface area contributed by atoms with Crippen LogP contribution >= 0.6 is 0 Å². The fraction of sp³-hybridized carbons (Fsp3) is 0.222. The molecule has 0 saturated heterocycles. The van der Waals surface area contributed by atoms with E-state index in [1.165, 1.54) is 0 Å². The second-order valence-corrected chi connectivity index (χ2v) is 2.16. The van der Waals surface area contributed by atoms with Gasteiger partial charge in [0.25, 0.3) is 0 Å². The molecule has 0 N–H and O–H groups in total. The fourth-order valence-corrected chi connectivity index (χ4v) is 0.672. The second-order valence-electron chi connectivity index (χ2n) is 2.16. The van der Waals surface area contributed by atoms with E-state index in [4.69, 9.17) is 5.26 Å². The van der Waals surface area contributed by atoms with Crippen molar-refractivity contribution in [1.82, 2.24) is 9.97 Å². The molecule has 0 spiro atoms. The van der Waals surface area contributed by atoms with Crippen molar-refractivity contribution in [2.75, 3.05) is 0 Å². The van der Waals surface area contributed by atoms with Crippen molar-refractivity contribution in [3.8, 4) is 17.9 Å². The van der Waals surface area contributed by atoms with E-state index in [0.29, 0.717) is 5.82 Å². The zero-order valence-corrected chi connectivity index (χ0v) is 6.70. The highest BCUT2D eigenvalue weighted by Gasteiger charge is 1.88. The maximum atomic E-state index is 8.21. The molecule has 0 aliphatic carbocycles. The minimum Gasteiger partial charge on any atom is -0.229 e. The number of aryl methyl sites for hydroxylation is 1. The van der Waals surface area contributed by atoms with Gasteiger partial charge in [0.2, 0.25) is 5.82 Å². The molecule has 0 aliphatic rings. The molecule has 0 aromatic carbocycles. The van der Waals surface area contributed by atoms with E-state index in [1.54, 1.807) is 12.3 Å². The SMILES string of the molecule is Cc1ccnc(C#CCC#N)n1. The Morgan fingerprint density at radius 1 is 1.58 bits per heavy atom. The summed E-state index contributed by atoms with van der Waals surface area (Å²) in [7, 11) is 0. The molecule has 0 aliphatic heterocycles. The maximum Gasteiger partial charge on any atom is 0.205 e. The van der Waals surface area contributed by atoms with Crippen LogP contribution in [0, 0.1) is 30.1 Å². The molecular weight excluding hydrogens is 150 g/mol. The monoisotopic (exact) mass is 157 g/mol. The molecule has 0 atom stereocenters. The molecule has 0 bridgehead atoms. The van der Waals surface area contributed by atoms with Crippen LogP contribution in [0.25, 0.3) is 0 Å². The number of nitriles is 1. The summed E-state index contributed by atoms with van der Waals surface area (Å²) in [5.41, 5.74) is 0.881. The molecule has 3 heteroatoms. The van der Waals surface area contributed by atoms with E-state index >= 15 is 0 Å². The number of nitrogens with zero attached hydrogens (tertiary/aromatic N) is 3. The molecule has 1 aromatic rings. The van der Waals surface area contributed by atoms with E-state index in [9.17, 15) is 0 Å². The van der Waals surface area contributed by atoms with Crippen LogP contribution in [-0.4, -0.2) is 9.97 Å². The van der Waals surface area contributed by atoms with Crippen molar-refractivity contribution >= 4 is 0 Å². The predicted octanol–water partition coefficient (Wildman–Crippen LogP) is 1.05. The molecular formula is C9H7N3.